The van der Waals surface area contributed by atoms with E-state index in [1.54, 1.807) is 24.3 Å². The van der Waals surface area contributed by atoms with Gasteiger partial charge in [0.2, 0.25) is 0 Å². The number of allylic oxidation sites excluding steroid dienone is 3. The predicted octanol–water partition coefficient (Wildman–Crippen LogP) is 2.59. The van der Waals surface area contributed by atoms with Gasteiger partial charge in [-0.3, -0.25) is 4.79 Å². The van der Waals surface area contributed by atoms with Gasteiger partial charge in [-0.15, -0.1) is 0 Å². The van der Waals surface area contributed by atoms with Gasteiger partial charge in [0.05, 0.1) is 6.10 Å². The molecule has 1 aromatic carbocycles. The molecule has 8 nitrogen and oxygen atoms in total. The molecule has 162 valence electrons. The van der Waals surface area contributed by atoms with Crippen LogP contribution in [-0.2, 0) is 30.2 Å². The Morgan fingerprint density at radius 3 is 2.60 bits per heavy atom. The van der Waals surface area contributed by atoms with Gasteiger partial charge in [-0.05, 0) is 24.6 Å². The van der Waals surface area contributed by atoms with Crippen molar-refractivity contribution in [3.8, 4) is 11.5 Å². The van der Waals surface area contributed by atoms with Gasteiger partial charge in [0.25, 0.3) is 0 Å². The number of esters is 1. The fourth-order valence-electron chi connectivity index (χ4n) is 3.18. The lowest BCUT2D eigenvalue weighted by Crippen LogP contribution is -2.20. The number of ketones is 1. The summed E-state index contributed by atoms with van der Waals surface area (Å²) in [7, 11) is 2.97. The number of hydrogen-bond donors (Lipinski definition) is 0. The Balaban J connectivity index is 1.99. The van der Waals surface area contributed by atoms with Crippen LogP contribution in [0.3, 0.4) is 0 Å². The van der Waals surface area contributed by atoms with Crippen molar-refractivity contribution in [2.45, 2.75) is 38.1 Å². The Kier molecular flexibility index (Phi) is 7.62. The number of ether oxygens (including phenoxy) is 6. The topological polar surface area (TPSA) is 92.8 Å². The molecule has 0 amide bonds. The second kappa shape index (κ2) is 10.4. The van der Waals surface area contributed by atoms with E-state index in [-0.39, 0.29) is 55.4 Å². The van der Waals surface area contributed by atoms with Gasteiger partial charge in [-0.25, -0.2) is 4.79 Å². The molecule has 2 aliphatic rings. The minimum absolute atomic E-state index is 0.00514. The summed E-state index contributed by atoms with van der Waals surface area (Å²) in [6, 6.07) is 3.17. The Morgan fingerprint density at radius 1 is 1.07 bits per heavy atom. The zero-order valence-corrected chi connectivity index (χ0v) is 17.3. The molecule has 0 aromatic heterocycles. The summed E-state index contributed by atoms with van der Waals surface area (Å²) < 4.78 is 32.2. The van der Waals surface area contributed by atoms with Gasteiger partial charge in [-0.1, -0.05) is 18.2 Å². The molecule has 1 saturated heterocycles. The van der Waals surface area contributed by atoms with Gasteiger partial charge >= 0.3 is 5.97 Å². The third kappa shape index (κ3) is 5.91. The van der Waals surface area contributed by atoms with Crippen LogP contribution in [0.5, 0.6) is 11.5 Å². The Bertz CT molecular complexity index is 829. The second-order valence-corrected chi connectivity index (χ2v) is 7.04. The van der Waals surface area contributed by atoms with Gasteiger partial charge in [0.15, 0.2) is 19.4 Å². The molecule has 1 aromatic rings. The number of epoxide rings is 1. The number of methoxy groups -OCH3 is 2. The highest BCUT2D eigenvalue weighted by atomic mass is 16.7. The number of benzene rings is 1. The van der Waals surface area contributed by atoms with Crippen LogP contribution in [0.4, 0.5) is 0 Å². The Labute approximate surface area is 175 Å². The summed E-state index contributed by atoms with van der Waals surface area (Å²) in [5.41, 5.74) is 0.606. The number of carbonyl (C=O) groups is 2. The Hall–Kier alpha value is -2.68. The molecule has 3 atom stereocenters. The first-order valence-electron chi connectivity index (χ1n) is 9.66. The molecule has 8 heteroatoms. The van der Waals surface area contributed by atoms with E-state index in [4.69, 9.17) is 28.4 Å². The summed E-state index contributed by atoms with van der Waals surface area (Å²) >= 11 is 0. The zero-order chi connectivity index (χ0) is 21.5. The van der Waals surface area contributed by atoms with E-state index < -0.39 is 5.97 Å². The fourth-order valence-corrected chi connectivity index (χ4v) is 3.18. The normalized spacial score (nSPS) is 25.9. The molecule has 1 fully saturated rings. The molecule has 0 spiro atoms. The van der Waals surface area contributed by atoms with Crippen LogP contribution in [0.25, 0.3) is 0 Å². The average molecular weight is 418 g/mol. The molecule has 0 radical (unpaired) electrons. The van der Waals surface area contributed by atoms with Crippen molar-refractivity contribution in [3.05, 3.63) is 47.6 Å². The van der Waals surface area contributed by atoms with E-state index in [0.29, 0.717) is 17.7 Å². The minimum atomic E-state index is -0.580. The van der Waals surface area contributed by atoms with E-state index >= 15 is 0 Å². The molecule has 3 rings (SSSR count). The molecule has 0 unspecified atom stereocenters. The third-order valence-electron chi connectivity index (χ3n) is 4.59. The highest BCUT2D eigenvalue weighted by Crippen LogP contribution is 2.33. The van der Waals surface area contributed by atoms with Gasteiger partial charge in [0, 0.05) is 33.1 Å². The van der Waals surface area contributed by atoms with Crippen molar-refractivity contribution >= 4 is 11.8 Å². The monoisotopic (exact) mass is 418 g/mol. The van der Waals surface area contributed by atoms with Crippen molar-refractivity contribution in [3.63, 3.8) is 0 Å². The molecule has 2 heterocycles. The van der Waals surface area contributed by atoms with Crippen LogP contribution in [0.1, 0.15) is 29.3 Å². The van der Waals surface area contributed by atoms with Crippen LogP contribution >= 0.6 is 0 Å². The van der Waals surface area contributed by atoms with Crippen LogP contribution < -0.4 is 9.47 Å². The summed E-state index contributed by atoms with van der Waals surface area (Å²) in [5.74, 6) is -0.159. The van der Waals surface area contributed by atoms with Crippen molar-refractivity contribution in [1.82, 2.24) is 0 Å². The molecule has 30 heavy (non-hydrogen) atoms. The SMILES string of the molecule is COCOc1cc2c(c(OCOC)c1)C(=O)O[C@H](C)C[C@@H]1O[C@@H]1/C=C/C=C/C(=O)C2. The van der Waals surface area contributed by atoms with Gasteiger partial charge < -0.3 is 28.4 Å². The van der Waals surface area contributed by atoms with E-state index in [9.17, 15) is 9.59 Å². The van der Waals surface area contributed by atoms with E-state index in [1.807, 2.05) is 13.0 Å². The molecule has 2 aliphatic heterocycles. The smallest absolute Gasteiger partial charge is 0.342 e. The summed E-state index contributed by atoms with van der Waals surface area (Å²) in [5, 5.41) is 0. The predicted molar refractivity (Wildman–Crippen MR) is 107 cm³/mol. The number of fused-ring (bicyclic) bond motifs is 2. The van der Waals surface area contributed by atoms with E-state index in [1.165, 1.54) is 20.3 Å². The van der Waals surface area contributed by atoms with E-state index in [0.717, 1.165) is 0 Å². The lowest BCUT2D eigenvalue weighted by atomic mass is 10.00. The largest absolute Gasteiger partial charge is 0.467 e. The molecule has 0 aliphatic carbocycles. The summed E-state index contributed by atoms with van der Waals surface area (Å²) in [6.45, 7) is 1.73. The first kappa shape index (κ1) is 22.0. The number of rotatable bonds is 6. The number of carbonyl (C=O) groups excluding carboxylic acids is 2. The maximum Gasteiger partial charge on any atom is 0.342 e. The molecular weight excluding hydrogens is 392 g/mol. The maximum absolute atomic E-state index is 13.0. The fraction of sp³-hybridized carbons (Fsp3) is 0.455. The average Bonchev–Trinajstić information content (AvgIpc) is 3.44. The molecule has 0 N–H and O–H groups in total. The number of hydrogen-bond acceptors (Lipinski definition) is 8. The standard InChI is InChI=1S/C22H26O8/c1-14-8-19-18(30-19)7-5-4-6-16(23)9-15-10-17(27-12-25-2)11-20(28-13-26-3)21(15)22(24)29-14/h4-7,10-11,14,18-19H,8-9,12-13H2,1-3H3/b6-4+,7-5+/t14-,18-,19+/m1/s1. The highest BCUT2D eigenvalue weighted by Gasteiger charge is 2.38. The first-order chi connectivity index (χ1) is 14.5. The molecule has 0 bridgehead atoms. The van der Waals surface area contributed by atoms with E-state index in [2.05, 4.69) is 0 Å². The van der Waals surface area contributed by atoms with Crippen molar-refractivity contribution in [1.29, 1.82) is 0 Å². The molecule has 0 saturated carbocycles. The van der Waals surface area contributed by atoms with Crippen LogP contribution in [-0.4, -0.2) is 57.9 Å². The van der Waals surface area contributed by atoms with Crippen LogP contribution in [0.2, 0.25) is 0 Å². The lowest BCUT2D eigenvalue weighted by Gasteiger charge is -2.18. The second-order valence-electron chi connectivity index (χ2n) is 7.04. The number of cyclic esters (lactones) is 1. The molecular formula is C22H26O8. The van der Waals surface area contributed by atoms with Crippen molar-refractivity contribution in [2.75, 3.05) is 27.8 Å². The minimum Gasteiger partial charge on any atom is -0.467 e. The Morgan fingerprint density at radius 2 is 1.83 bits per heavy atom. The summed E-state index contributed by atoms with van der Waals surface area (Å²) in [4.78, 5) is 25.5. The van der Waals surface area contributed by atoms with Gasteiger partial charge in [-0.2, -0.15) is 0 Å². The first-order valence-corrected chi connectivity index (χ1v) is 9.66. The quantitative estimate of drug-likeness (QED) is 0.395. The van der Waals surface area contributed by atoms with Crippen molar-refractivity contribution < 1.29 is 38.0 Å². The zero-order valence-electron chi connectivity index (χ0n) is 17.3. The van der Waals surface area contributed by atoms with Crippen LogP contribution in [0, 0.1) is 0 Å². The maximum atomic E-state index is 13.0. The third-order valence-corrected chi connectivity index (χ3v) is 4.59. The van der Waals surface area contributed by atoms with Crippen LogP contribution in [0.15, 0.2) is 36.4 Å². The van der Waals surface area contributed by atoms with Gasteiger partial charge in [0.1, 0.15) is 29.3 Å². The lowest BCUT2D eigenvalue weighted by molar-refractivity contribution is -0.114. The van der Waals surface area contributed by atoms with Crippen molar-refractivity contribution in [2.24, 2.45) is 0 Å². The highest BCUT2D eigenvalue weighted by molar-refractivity contribution is 5.98. The summed E-state index contributed by atoms with van der Waals surface area (Å²) in [6.07, 6.45) is 6.93.